The van der Waals surface area contributed by atoms with Crippen molar-refractivity contribution >= 4 is 23.1 Å². The summed E-state index contributed by atoms with van der Waals surface area (Å²) in [5.41, 5.74) is 0.177. The molecule has 1 heterocycles. The summed E-state index contributed by atoms with van der Waals surface area (Å²) in [6.07, 6.45) is -2.96. The third-order valence-electron chi connectivity index (χ3n) is 3.54. The van der Waals surface area contributed by atoms with Crippen molar-refractivity contribution < 1.29 is 18.0 Å². The fourth-order valence-corrected chi connectivity index (χ4v) is 2.32. The van der Waals surface area contributed by atoms with Crippen LogP contribution in [0.3, 0.4) is 0 Å². The fraction of sp³-hybridized carbons (Fsp3) is 0.0526. The Morgan fingerprint density at radius 2 is 1.62 bits per heavy atom. The molecule has 3 aromatic rings. The highest BCUT2D eigenvalue weighted by atomic mass is 19.4. The van der Waals surface area contributed by atoms with Gasteiger partial charge in [0.05, 0.1) is 11.1 Å². The molecule has 26 heavy (non-hydrogen) atoms. The van der Waals surface area contributed by atoms with Gasteiger partial charge in [0.15, 0.2) is 0 Å². The molecule has 2 aromatic carbocycles. The van der Waals surface area contributed by atoms with Crippen molar-refractivity contribution in [3.8, 4) is 0 Å². The van der Waals surface area contributed by atoms with Gasteiger partial charge in [0.2, 0.25) is 0 Å². The SMILES string of the molecule is O=C(Nc1cccc(C(F)(F)F)c1)c1cccnc1Nc1ccccc1. The number of alkyl halides is 3. The molecule has 0 fully saturated rings. The molecule has 3 rings (SSSR count). The zero-order valence-corrected chi connectivity index (χ0v) is 13.4. The van der Waals surface area contributed by atoms with Gasteiger partial charge in [0.25, 0.3) is 5.91 Å². The topological polar surface area (TPSA) is 54.0 Å². The van der Waals surface area contributed by atoms with E-state index >= 15 is 0 Å². The number of anilines is 3. The van der Waals surface area contributed by atoms with E-state index < -0.39 is 17.6 Å². The summed E-state index contributed by atoms with van der Waals surface area (Å²) in [7, 11) is 0. The van der Waals surface area contributed by atoms with Crippen LogP contribution >= 0.6 is 0 Å². The van der Waals surface area contributed by atoms with Gasteiger partial charge in [0, 0.05) is 17.6 Å². The Morgan fingerprint density at radius 1 is 0.885 bits per heavy atom. The van der Waals surface area contributed by atoms with Crippen molar-refractivity contribution in [2.45, 2.75) is 6.18 Å². The van der Waals surface area contributed by atoms with E-state index in [4.69, 9.17) is 0 Å². The number of benzene rings is 2. The number of amides is 1. The molecule has 2 N–H and O–H groups in total. The quantitative estimate of drug-likeness (QED) is 0.683. The number of carbonyl (C=O) groups is 1. The first-order valence-electron chi connectivity index (χ1n) is 7.69. The third-order valence-corrected chi connectivity index (χ3v) is 3.54. The van der Waals surface area contributed by atoms with Crippen LogP contribution in [0.25, 0.3) is 0 Å². The molecule has 0 radical (unpaired) electrons. The second-order valence-corrected chi connectivity index (χ2v) is 5.42. The van der Waals surface area contributed by atoms with Crippen molar-refractivity contribution in [3.05, 3.63) is 84.1 Å². The van der Waals surface area contributed by atoms with Crippen LogP contribution in [-0.2, 0) is 6.18 Å². The minimum Gasteiger partial charge on any atom is -0.340 e. The minimum atomic E-state index is -4.48. The number of carbonyl (C=O) groups excluding carboxylic acids is 1. The molecule has 1 amide bonds. The zero-order valence-electron chi connectivity index (χ0n) is 13.4. The largest absolute Gasteiger partial charge is 0.416 e. The molecule has 0 saturated carbocycles. The van der Waals surface area contributed by atoms with Crippen molar-refractivity contribution in [2.75, 3.05) is 10.6 Å². The van der Waals surface area contributed by atoms with Crippen LogP contribution < -0.4 is 10.6 Å². The Kier molecular flexibility index (Phi) is 4.88. The second kappa shape index (κ2) is 7.26. The van der Waals surface area contributed by atoms with Gasteiger partial charge in [-0.25, -0.2) is 4.98 Å². The minimum absolute atomic E-state index is 0.0549. The monoisotopic (exact) mass is 357 g/mol. The molecule has 0 atom stereocenters. The van der Waals surface area contributed by atoms with Crippen LogP contribution in [0.4, 0.5) is 30.4 Å². The third kappa shape index (κ3) is 4.18. The van der Waals surface area contributed by atoms with Gasteiger partial charge >= 0.3 is 6.18 Å². The summed E-state index contributed by atoms with van der Waals surface area (Å²) in [6.45, 7) is 0. The lowest BCUT2D eigenvalue weighted by molar-refractivity contribution is -0.137. The first-order chi connectivity index (χ1) is 12.4. The molecule has 0 saturated heterocycles. The molecule has 0 unspecified atom stereocenters. The summed E-state index contributed by atoms with van der Waals surface area (Å²) < 4.78 is 38.4. The number of nitrogens with one attached hydrogen (secondary N) is 2. The number of hydrogen-bond acceptors (Lipinski definition) is 3. The van der Waals surface area contributed by atoms with Gasteiger partial charge in [-0.15, -0.1) is 0 Å². The van der Waals surface area contributed by atoms with E-state index in [0.29, 0.717) is 5.82 Å². The van der Waals surface area contributed by atoms with Gasteiger partial charge in [-0.05, 0) is 42.5 Å². The molecule has 0 aliphatic carbocycles. The Labute approximate surface area is 147 Å². The van der Waals surface area contributed by atoms with Gasteiger partial charge in [-0.2, -0.15) is 13.2 Å². The molecule has 0 bridgehead atoms. The van der Waals surface area contributed by atoms with E-state index in [0.717, 1.165) is 17.8 Å². The highest BCUT2D eigenvalue weighted by Gasteiger charge is 2.30. The fourth-order valence-electron chi connectivity index (χ4n) is 2.32. The van der Waals surface area contributed by atoms with E-state index in [1.807, 2.05) is 30.3 Å². The number of halogens is 3. The summed E-state index contributed by atoms with van der Waals surface area (Å²) in [6, 6.07) is 16.7. The molecule has 0 aliphatic rings. The molecule has 7 heteroatoms. The van der Waals surface area contributed by atoms with Gasteiger partial charge in [-0.1, -0.05) is 24.3 Å². The normalized spacial score (nSPS) is 11.0. The van der Waals surface area contributed by atoms with Gasteiger partial charge < -0.3 is 10.6 Å². The molecule has 132 valence electrons. The molecule has 4 nitrogen and oxygen atoms in total. The van der Waals surface area contributed by atoms with Crippen LogP contribution in [0.5, 0.6) is 0 Å². The van der Waals surface area contributed by atoms with E-state index in [-0.39, 0.29) is 11.3 Å². The Balaban J connectivity index is 1.83. The molecule has 0 spiro atoms. The second-order valence-electron chi connectivity index (χ2n) is 5.42. The van der Waals surface area contributed by atoms with Gasteiger partial charge in [-0.3, -0.25) is 4.79 Å². The van der Waals surface area contributed by atoms with Crippen LogP contribution in [0.2, 0.25) is 0 Å². The Bertz CT molecular complexity index is 911. The summed E-state index contributed by atoms with van der Waals surface area (Å²) >= 11 is 0. The van der Waals surface area contributed by atoms with Crippen LogP contribution in [0.1, 0.15) is 15.9 Å². The van der Waals surface area contributed by atoms with E-state index in [1.165, 1.54) is 18.3 Å². The summed E-state index contributed by atoms with van der Waals surface area (Å²) in [4.78, 5) is 16.7. The van der Waals surface area contributed by atoms with Crippen molar-refractivity contribution in [2.24, 2.45) is 0 Å². The Morgan fingerprint density at radius 3 is 2.35 bits per heavy atom. The maximum atomic E-state index is 12.8. The van der Waals surface area contributed by atoms with E-state index in [1.54, 1.807) is 12.1 Å². The predicted octanol–water partition coefficient (Wildman–Crippen LogP) is 5.10. The lowest BCUT2D eigenvalue weighted by atomic mass is 10.1. The average Bonchev–Trinajstić information content (AvgIpc) is 2.62. The molecular formula is C19H14F3N3O. The van der Waals surface area contributed by atoms with Crippen molar-refractivity contribution in [3.63, 3.8) is 0 Å². The van der Waals surface area contributed by atoms with E-state index in [9.17, 15) is 18.0 Å². The predicted molar refractivity (Wildman–Crippen MR) is 93.4 cm³/mol. The number of para-hydroxylation sites is 1. The maximum absolute atomic E-state index is 12.8. The average molecular weight is 357 g/mol. The van der Waals surface area contributed by atoms with Crippen LogP contribution in [0, 0.1) is 0 Å². The highest BCUT2D eigenvalue weighted by molar-refractivity contribution is 6.07. The van der Waals surface area contributed by atoms with E-state index in [2.05, 4.69) is 15.6 Å². The highest BCUT2D eigenvalue weighted by Crippen LogP contribution is 2.31. The van der Waals surface area contributed by atoms with Crippen molar-refractivity contribution in [1.29, 1.82) is 0 Å². The number of hydrogen-bond donors (Lipinski definition) is 2. The summed E-state index contributed by atoms with van der Waals surface area (Å²) in [5.74, 6) is -0.251. The first kappa shape index (κ1) is 17.5. The number of nitrogens with zero attached hydrogens (tertiary/aromatic N) is 1. The lowest BCUT2D eigenvalue weighted by Crippen LogP contribution is -2.15. The lowest BCUT2D eigenvalue weighted by Gasteiger charge is -2.12. The standard InChI is InChI=1S/C19H14F3N3O/c20-19(21,22)13-6-4-9-15(12-13)25-18(26)16-10-5-11-23-17(16)24-14-7-2-1-3-8-14/h1-12H,(H,23,24)(H,25,26). The van der Waals surface area contributed by atoms with Crippen LogP contribution in [-0.4, -0.2) is 10.9 Å². The summed E-state index contributed by atoms with van der Waals surface area (Å²) in [5, 5.41) is 5.50. The first-order valence-corrected chi connectivity index (χ1v) is 7.69. The molecular weight excluding hydrogens is 343 g/mol. The van der Waals surface area contributed by atoms with Crippen molar-refractivity contribution in [1.82, 2.24) is 4.98 Å². The van der Waals surface area contributed by atoms with Gasteiger partial charge in [0.1, 0.15) is 5.82 Å². The van der Waals surface area contributed by atoms with Crippen LogP contribution in [0.15, 0.2) is 72.9 Å². The number of aromatic nitrogens is 1. The molecule has 1 aromatic heterocycles. The smallest absolute Gasteiger partial charge is 0.340 e. The number of rotatable bonds is 4. The zero-order chi connectivity index (χ0) is 18.6. The maximum Gasteiger partial charge on any atom is 0.416 e. The molecule has 0 aliphatic heterocycles. The Hall–Kier alpha value is -3.35. The number of pyridine rings is 1.